The molecular weight excluding hydrogens is 642 g/mol. The van der Waals surface area contributed by atoms with E-state index in [1.807, 2.05) is 75.4 Å². The molecule has 1 atom stereocenters. The monoisotopic (exact) mass is 687 g/mol. The fraction of sp³-hybridized carbons (Fsp3) is 0.316. The van der Waals surface area contributed by atoms with Crippen LogP contribution < -0.4 is 23.8 Å². The van der Waals surface area contributed by atoms with Gasteiger partial charge in [-0.25, -0.2) is 8.42 Å². The summed E-state index contributed by atoms with van der Waals surface area (Å²) >= 11 is 0. The van der Waals surface area contributed by atoms with Crippen LogP contribution in [0.1, 0.15) is 37.0 Å². The Labute approximate surface area is 289 Å². The zero-order valence-electron chi connectivity index (χ0n) is 28.7. The van der Waals surface area contributed by atoms with E-state index < -0.39 is 28.5 Å². The number of nitrogens with zero attached hydrogens (tertiary/aromatic N) is 2. The van der Waals surface area contributed by atoms with Gasteiger partial charge >= 0.3 is 0 Å². The molecule has 260 valence electrons. The van der Waals surface area contributed by atoms with Gasteiger partial charge in [0.1, 0.15) is 18.3 Å². The van der Waals surface area contributed by atoms with Crippen LogP contribution in [0.3, 0.4) is 0 Å². The van der Waals surface area contributed by atoms with Crippen LogP contribution in [0.2, 0.25) is 0 Å². The van der Waals surface area contributed by atoms with Crippen LogP contribution in [0.25, 0.3) is 0 Å². The summed E-state index contributed by atoms with van der Waals surface area (Å²) in [4.78, 5) is 29.9. The van der Waals surface area contributed by atoms with Gasteiger partial charge in [-0.15, -0.1) is 0 Å². The Balaban J connectivity index is 1.82. The van der Waals surface area contributed by atoms with Crippen molar-refractivity contribution in [3.05, 3.63) is 114 Å². The lowest BCUT2D eigenvalue weighted by molar-refractivity contribution is -0.140. The van der Waals surface area contributed by atoms with Gasteiger partial charge in [0.05, 0.1) is 31.4 Å². The number of rotatable bonds is 17. The third kappa shape index (κ3) is 9.54. The minimum atomic E-state index is -4.35. The predicted octanol–water partition coefficient (Wildman–Crippen LogP) is 5.77. The van der Waals surface area contributed by atoms with E-state index in [1.54, 1.807) is 24.3 Å². The second-order valence-corrected chi connectivity index (χ2v) is 13.3. The van der Waals surface area contributed by atoms with Crippen molar-refractivity contribution in [2.24, 2.45) is 0 Å². The van der Waals surface area contributed by atoms with Gasteiger partial charge in [-0.2, -0.15) is 0 Å². The second-order valence-electron chi connectivity index (χ2n) is 11.5. The van der Waals surface area contributed by atoms with Gasteiger partial charge in [0, 0.05) is 25.6 Å². The Morgan fingerprint density at radius 2 is 1.49 bits per heavy atom. The van der Waals surface area contributed by atoms with E-state index in [4.69, 9.17) is 14.2 Å². The van der Waals surface area contributed by atoms with Crippen molar-refractivity contribution in [1.82, 2.24) is 10.2 Å². The molecule has 0 radical (unpaired) electrons. The molecule has 1 N–H and O–H groups in total. The summed E-state index contributed by atoms with van der Waals surface area (Å²) in [6, 6.07) is 27.0. The third-order valence-electron chi connectivity index (χ3n) is 7.95. The lowest BCUT2D eigenvalue weighted by Gasteiger charge is -2.34. The van der Waals surface area contributed by atoms with Crippen LogP contribution in [0, 0.1) is 6.92 Å². The second kappa shape index (κ2) is 17.4. The van der Waals surface area contributed by atoms with Crippen LogP contribution in [-0.4, -0.2) is 65.1 Å². The number of ether oxygens (including phenoxy) is 3. The molecule has 0 heterocycles. The number of aryl methyl sites for hydroxylation is 1. The van der Waals surface area contributed by atoms with E-state index in [0.29, 0.717) is 31.1 Å². The molecule has 11 heteroatoms. The molecule has 0 aromatic heterocycles. The van der Waals surface area contributed by atoms with Gasteiger partial charge in [-0.3, -0.25) is 13.9 Å². The topological polar surface area (TPSA) is 114 Å². The highest BCUT2D eigenvalue weighted by Crippen LogP contribution is 2.33. The number of hydrogen-bond acceptors (Lipinski definition) is 7. The summed E-state index contributed by atoms with van der Waals surface area (Å²) in [5.74, 6) is 0.263. The fourth-order valence-electron chi connectivity index (χ4n) is 5.32. The number of anilines is 1. The van der Waals surface area contributed by atoms with E-state index in [1.165, 1.54) is 37.3 Å². The summed E-state index contributed by atoms with van der Waals surface area (Å²) in [6.45, 7) is 6.15. The van der Waals surface area contributed by atoms with Crippen molar-refractivity contribution < 1.29 is 32.2 Å². The van der Waals surface area contributed by atoms with E-state index in [2.05, 4.69) is 5.32 Å². The molecule has 0 aliphatic heterocycles. The molecule has 10 nitrogen and oxygen atoms in total. The lowest BCUT2D eigenvalue weighted by Crippen LogP contribution is -2.53. The lowest BCUT2D eigenvalue weighted by atomic mass is 10.0. The Morgan fingerprint density at radius 3 is 2.10 bits per heavy atom. The van der Waals surface area contributed by atoms with Crippen molar-refractivity contribution in [2.75, 3.05) is 38.2 Å². The molecular formula is C38H45N3O7S. The summed E-state index contributed by atoms with van der Waals surface area (Å²) in [6.07, 6.45) is 0.949. The SMILES string of the molecule is CCCNC(=O)[C@@H](Cc1ccccc1)N(Cc1ccc(C)cc1)C(=O)CN(c1ccc(OCC)cc1)S(=O)(=O)c1ccc(OC)c(OC)c1. The largest absolute Gasteiger partial charge is 0.494 e. The maximum atomic E-state index is 14.6. The molecule has 0 saturated carbocycles. The number of nitrogens with one attached hydrogen (secondary N) is 1. The average molecular weight is 688 g/mol. The van der Waals surface area contributed by atoms with Gasteiger partial charge in [0.25, 0.3) is 10.0 Å². The van der Waals surface area contributed by atoms with Crippen LogP contribution in [0.15, 0.2) is 102 Å². The number of carbonyl (C=O) groups is 2. The van der Waals surface area contributed by atoms with E-state index in [0.717, 1.165) is 21.0 Å². The number of carbonyl (C=O) groups excluding carboxylic acids is 2. The molecule has 49 heavy (non-hydrogen) atoms. The molecule has 0 saturated heterocycles. The van der Waals surface area contributed by atoms with Crippen molar-refractivity contribution in [1.29, 1.82) is 0 Å². The molecule has 2 amide bonds. The first-order valence-corrected chi connectivity index (χ1v) is 17.7. The van der Waals surface area contributed by atoms with Crippen molar-refractivity contribution in [3.8, 4) is 17.2 Å². The minimum absolute atomic E-state index is 0.0870. The number of methoxy groups -OCH3 is 2. The molecule has 0 spiro atoms. The van der Waals surface area contributed by atoms with Gasteiger partial charge in [0.15, 0.2) is 11.5 Å². The molecule has 0 aliphatic rings. The maximum Gasteiger partial charge on any atom is 0.264 e. The number of benzene rings is 4. The first-order valence-electron chi connectivity index (χ1n) is 16.3. The fourth-order valence-corrected chi connectivity index (χ4v) is 6.75. The van der Waals surface area contributed by atoms with E-state index in [-0.39, 0.29) is 35.2 Å². The Bertz CT molecular complexity index is 1780. The van der Waals surface area contributed by atoms with Crippen LogP contribution in [0.4, 0.5) is 5.69 Å². The first kappa shape index (κ1) is 36.8. The smallest absolute Gasteiger partial charge is 0.264 e. The van der Waals surface area contributed by atoms with Crippen molar-refractivity contribution in [2.45, 2.75) is 51.1 Å². The zero-order chi connectivity index (χ0) is 35.4. The Hall–Kier alpha value is -5.03. The normalized spacial score (nSPS) is 11.7. The third-order valence-corrected chi connectivity index (χ3v) is 9.72. The predicted molar refractivity (Wildman–Crippen MR) is 191 cm³/mol. The quantitative estimate of drug-likeness (QED) is 0.150. The van der Waals surface area contributed by atoms with Gasteiger partial charge < -0.3 is 24.4 Å². The highest BCUT2D eigenvalue weighted by atomic mass is 32.2. The summed E-state index contributed by atoms with van der Waals surface area (Å²) < 4.78 is 46.3. The van der Waals surface area contributed by atoms with Crippen LogP contribution in [-0.2, 0) is 32.6 Å². The average Bonchev–Trinajstić information content (AvgIpc) is 3.12. The summed E-state index contributed by atoms with van der Waals surface area (Å²) in [5.41, 5.74) is 2.96. The first-order chi connectivity index (χ1) is 23.6. The molecule has 0 aliphatic carbocycles. The zero-order valence-corrected chi connectivity index (χ0v) is 29.5. The molecule has 0 unspecified atom stereocenters. The standard InChI is InChI=1S/C38H45N3O7S/c1-6-23-39-38(43)34(24-29-11-9-8-10-12-29)40(26-30-15-13-28(3)14-16-30)37(42)27-41(31-17-19-32(20-18-31)48-7-2)49(44,45)33-21-22-35(46-4)36(25-33)47-5/h8-22,25,34H,6-7,23-24,26-27H2,1-5H3,(H,39,43)/t34-/m1/s1. The summed E-state index contributed by atoms with van der Waals surface area (Å²) in [5, 5.41) is 2.96. The maximum absolute atomic E-state index is 14.6. The Morgan fingerprint density at radius 1 is 0.816 bits per heavy atom. The molecule has 0 bridgehead atoms. The van der Waals surface area contributed by atoms with Gasteiger partial charge in [-0.1, -0.05) is 67.1 Å². The van der Waals surface area contributed by atoms with Crippen LogP contribution >= 0.6 is 0 Å². The number of amides is 2. The molecule has 0 fully saturated rings. The van der Waals surface area contributed by atoms with Crippen molar-refractivity contribution >= 4 is 27.5 Å². The van der Waals surface area contributed by atoms with Crippen LogP contribution in [0.5, 0.6) is 17.2 Å². The highest BCUT2D eigenvalue weighted by molar-refractivity contribution is 7.92. The molecule has 4 aromatic rings. The minimum Gasteiger partial charge on any atom is -0.494 e. The summed E-state index contributed by atoms with van der Waals surface area (Å²) in [7, 11) is -1.48. The Kier molecular flexibility index (Phi) is 13.1. The number of sulfonamides is 1. The number of hydrogen-bond donors (Lipinski definition) is 1. The van der Waals surface area contributed by atoms with E-state index >= 15 is 0 Å². The molecule has 4 rings (SSSR count). The van der Waals surface area contributed by atoms with E-state index in [9.17, 15) is 18.0 Å². The molecule has 4 aromatic carbocycles. The highest BCUT2D eigenvalue weighted by Gasteiger charge is 2.35. The van der Waals surface area contributed by atoms with Gasteiger partial charge in [-0.05, 0) is 67.8 Å². The van der Waals surface area contributed by atoms with Crippen molar-refractivity contribution in [3.63, 3.8) is 0 Å². The van der Waals surface area contributed by atoms with Gasteiger partial charge in [0.2, 0.25) is 11.8 Å².